The molecule has 1 unspecified atom stereocenters. The Balaban J connectivity index is 1.66. The number of hydrogen-bond donors (Lipinski definition) is 2. The van der Waals surface area contributed by atoms with Crippen LogP contribution in [0, 0.1) is 0 Å². The summed E-state index contributed by atoms with van der Waals surface area (Å²) in [5, 5.41) is 13.7. The highest BCUT2D eigenvalue weighted by molar-refractivity contribution is 6.31. The molecule has 3 nitrogen and oxygen atoms in total. The summed E-state index contributed by atoms with van der Waals surface area (Å²) in [6, 6.07) is 5.99. The largest absolute Gasteiger partial charge is 0.508 e. The van der Waals surface area contributed by atoms with Crippen LogP contribution in [0.4, 0.5) is 0 Å². The summed E-state index contributed by atoms with van der Waals surface area (Å²) >= 11 is 6.07. The molecule has 4 heteroatoms. The molecule has 20 heavy (non-hydrogen) atoms. The molecule has 0 aliphatic carbocycles. The number of piperidine rings is 1. The fraction of sp³-hybridized carbons (Fsp3) is 0.625. The van der Waals surface area contributed by atoms with Crippen molar-refractivity contribution < 1.29 is 5.11 Å². The smallest absolute Gasteiger partial charge is 0.121 e. The van der Waals surface area contributed by atoms with Crippen molar-refractivity contribution in [2.45, 2.75) is 45.2 Å². The van der Waals surface area contributed by atoms with Gasteiger partial charge in [0, 0.05) is 23.2 Å². The Hall–Kier alpha value is -0.770. The summed E-state index contributed by atoms with van der Waals surface area (Å²) in [4.78, 5) is 2.58. The molecule has 0 amide bonds. The van der Waals surface area contributed by atoms with Gasteiger partial charge in [-0.25, -0.2) is 0 Å². The van der Waals surface area contributed by atoms with E-state index in [1.165, 1.54) is 25.8 Å². The van der Waals surface area contributed by atoms with E-state index in [0.717, 1.165) is 31.1 Å². The molecule has 1 aliphatic heterocycles. The zero-order valence-electron chi connectivity index (χ0n) is 12.2. The van der Waals surface area contributed by atoms with E-state index in [9.17, 15) is 5.11 Å². The number of likely N-dealkylation sites (tertiary alicyclic amines) is 1. The lowest BCUT2D eigenvalue weighted by atomic mass is 10.0. The number of rotatable bonds is 6. The van der Waals surface area contributed by atoms with Gasteiger partial charge in [-0.2, -0.15) is 0 Å². The van der Waals surface area contributed by atoms with Gasteiger partial charge in [-0.15, -0.1) is 0 Å². The third-order valence-corrected chi connectivity index (χ3v) is 4.49. The number of aromatic hydroxyl groups is 1. The lowest BCUT2D eigenvalue weighted by Gasteiger charge is -2.33. The first-order valence-corrected chi connectivity index (χ1v) is 7.97. The van der Waals surface area contributed by atoms with Gasteiger partial charge in [-0.3, -0.25) is 0 Å². The molecule has 0 radical (unpaired) electrons. The minimum absolute atomic E-state index is 0.273. The van der Waals surface area contributed by atoms with Gasteiger partial charge in [0.1, 0.15) is 5.75 Å². The van der Waals surface area contributed by atoms with Crippen molar-refractivity contribution in [2.24, 2.45) is 0 Å². The van der Waals surface area contributed by atoms with E-state index in [0.29, 0.717) is 11.6 Å². The number of nitrogens with one attached hydrogen (secondary N) is 1. The molecule has 0 saturated carbocycles. The van der Waals surface area contributed by atoms with Crippen molar-refractivity contribution in [2.75, 3.05) is 19.6 Å². The highest BCUT2D eigenvalue weighted by atomic mass is 35.5. The molecule has 0 spiro atoms. The third kappa shape index (κ3) is 4.37. The van der Waals surface area contributed by atoms with Crippen LogP contribution in [-0.4, -0.2) is 35.7 Å². The minimum Gasteiger partial charge on any atom is -0.508 e. The van der Waals surface area contributed by atoms with Crippen molar-refractivity contribution in [3.8, 4) is 5.75 Å². The quantitative estimate of drug-likeness (QED) is 0.790. The van der Waals surface area contributed by atoms with Gasteiger partial charge in [-0.1, -0.05) is 24.1 Å². The first kappa shape index (κ1) is 15.6. The molecule has 1 fully saturated rings. The van der Waals surface area contributed by atoms with Crippen molar-refractivity contribution in [3.05, 3.63) is 28.8 Å². The lowest BCUT2D eigenvalue weighted by Crippen LogP contribution is -2.38. The summed E-state index contributed by atoms with van der Waals surface area (Å²) in [7, 11) is 0. The molecular formula is C16H25ClN2O. The zero-order valence-corrected chi connectivity index (χ0v) is 13.0. The molecular weight excluding hydrogens is 272 g/mol. The average molecular weight is 297 g/mol. The monoisotopic (exact) mass is 296 g/mol. The second-order valence-corrected chi connectivity index (χ2v) is 6.06. The summed E-state index contributed by atoms with van der Waals surface area (Å²) in [5.41, 5.74) is 0.792. The standard InChI is InChI=1S/C16H25ClN2O/c1-13-6-2-3-10-19(13)11-5-9-18-12-14-15(17)7-4-8-16(14)20/h4,7-8,13,18,20H,2-3,5-6,9-12H2,1H3. The molecule has 2 rings (SSSR count). The van der Waals surface area contributed by atoms with E-state index in [1.807, 2.05) is 6.07 Å². The topological polar surface area (TPSA) is 35.5 Å². The number of benzene rings is 1. The van der Waals surface area contributed by atoms with Crippen LogP contribution in [0.3, 0.4) is 0 Å². The van der Waals surface area contributed by atoms with E-state index < -0.39 is 0 Å². The molecule has 1 aliphatic rings. The van der Waals surface area contributed by atoms with Crippen LogP contribution in [0.15, 0.2) is 18.2 Å². The van der Waals surface area contributed by atoms with Gasteiger partial charge < -0.3 is 15.3 Å². The normalized spacial score (nSPS) is 20.2. The molecule has 2 N–H and O–H groups in total. The van der Waals surface area contributed by atoms with Crippen LogP contribution in [0.25, 0.3) is 0 Å². The number of phenolic OH excluding ortho intramolecular Hbond substituents is 1. The SMILES string of the molecule is CC1CCCCN1CCCNCc1c(O)cccc1Cl. The van der Waals surface area contributed by atoms with Gasteiger partial charge in [0.15, 0.2) is 0 Å². The Kier molecular flexibility index (Phi) is 6.14. The average Bonchev–Trinajstić information content (AvgIpc) is 2.43. The van der Waals surface area contributed by atoms with Crippen molar-refractivity contribution in [1.82, 2.24) is 10.2 Å². The van der Waals surface area contributed by atoms with E-state index in [2.05, 4.69) is 17.1 Å². The Morgan fingerprint density at radius 1 is 1.40 bits per heavy atom. The van der Waals surface area contributed by atoms with E-state index in [1.54, 1.807) is 12.1 Å². The Morgan fingerprint density at radius 2 is 2.25 bits per heavy atom. The molecule has 1 saturated heterocycles. The van der Waals surface area contributed by atoms with Crippen LogP contribution in [0.1, 0.15) is 38.2 Å². The highest BCUT2D eigenvalue weighted by Gasteiger charge is 2.16. The van der Waals surface area contributed by atoms with E-state index in [-0.39, 0.29) is 5.75 Å². The maximum atomic E-state index is 9.75. The highest BCUT2D eigenvalue weighted by Crippen LogP contribution is 2.24. The molecule has 0 aromatic heterocycles. The first-order valence-electron chi connectivity index (χ1n) is 7.59. The van der Waals surface area contributed by atoms with E-state index in [4.69, 9.17) is 11.6 Å². The molecule has 112 valence electrons. The van der Waals surface area contributed by atoms with Gasteiger partial charge in [-0.05, 0) is 58.0 Å². The van der Waals surface area contributed by atoms with Crippen LogP contribution < -0.4 is 5.32 Å². The second kappa shape index (κ2) is 7.87. The fourth-order valence-corrected chi connectivity index (χ4v) is 3.07. The molecule has 1 heterocycles. The van der Waals surface area contributed by atoms with Gasteiger partial charge in [0.2, 0.25) is 0 Å². The Labute approximate surface area is 126 Å². The Morgan fingerprint density at radius 3 is 3.00 bits per heavy atom. The van der Waals surface area contributed by atoms with E-state index >= 15 is 0 Å². The summed E-state index contributed by atoms with van der Waals surface area (Å²) in [6.07, 6.45) is 5.18. The number of phenols is 1. The van der Waals surface area contributed by atoms with Crippen LogP contribution in [0.5, 0.6) is 5.75 Å². The fourth-order valence-electron chi connectivity index (χ4n) is 2.83. The predicted molar refractivity (Wildman–Crippen MR) is 84.3 cm³/mol. The summed E-state index contributed by atoms with van der Waals surface area (Å²) < 4.78 is 0. The summed E-state index contributed by atoms with van der Waals surface area (Å²) in [6.45, 7) is 6.30. The van der Waals surface area contributed by atoms with Crippen LogP contribution in [0.2, 0.25) is 5.02 Å². The number of halogens is 1. The maximum absolute atomic E-state index is 9.75. The minimum atomic E-state index is 0.273. The maximum Gasteiger partial charge on any atom is 0.121 e. The second-order valence-electron chi connectivity index (χ2n) is 5.65. The lowest BCUT2D eigenvalue weighted by molar-refractivity contribution is 0.159. The van der Waals surface area contributed by atoms with Gasteiger partial charge >= 0.3 is 0 Å². The Bertz CT molecular complexity index is 405. The molecule has 0 bridgehead atoms. The molecule has 1 aromatic rings. The third-order valence-electron chi connectivity index (χ3n) is 4.14. The number of hydrogen-bond acceptors (Lipinski definition) is 3. The number of nitrogens with zero attached hydrogens (tertiary/aromatic N) is 1. The van der Waals surface area contributed by atoms with Gasteiger partial charge in [0.25, 0.3) is 0 Å². The molecule has 1 aromatic carbocycles. The zero-order chi connectivity index (χ0) is 14.4. The van der Waals surface area contributed by atoms with Crippen molar-refractivity contribution in [1.29, 1.82) is 0 Å². The van der Waals surface area contributed by atoms with Crippen LogP contribution >= 0.6 is 11.6 Å². The van der Waals surface area contributed by atoms with Gasteiger partial charge in [0.05, 0.1) is 0 Å². The molecule has 1 atom stereocenters. The van der Waals surface area contributed by atoms with Crippen molar-refractivity contribution >= 4 is 11.6 Å². The summed E-state index contributed by atoms with van der Waals surface area (Å²) in [5.74, 6) is 0.273. The van der Waals surface area contributed by atoms with Crippen molar-refractivity contribution in [3.63, 3.8) is 0 Å². The van der Waals surface area contributed by atoms with Crippen LogP contribution in [-0.2, 0) is 6.54 Å². The first-order chi connectivity index (χ1) is 9.68. The predicted octanol–water partition coefficient (Wildman–Crippen LogP) is 3.40.